The highest BCUT2D eigenvalue weighted by atomic mass is 32.1. The first kappa shape index (κ1) is 12.2. The summed E-state index contributed by atoms with van der Waals surface area (Å²) in [6.45, 7) is 0. The van der Waals surface area contributed by atoms with Gasteiger partial charge in [-0.3, -0.25) is 9.59 Å². The molecule has 0 spiro atoms. The lowest BCUT2D eigenvalue weighted by atomic mass is 10.3. The van der Waals surface area contributed by atoms with E-state index in [0.29, 0.717) is 0 Å². The van der Waals surface area contributed by atoms with Crippen molar-refractivity contribution < 1.29 is 14.7 Å². The summed E-state index contributed by atoms with van der Waals surface area (Å²) in [6.07, 6.45) is 0. The standard InChI is InChI=1S/C8H9N3O4S/c12-6-2-1-4(10-11-6)7(13)9-5(3-16)8(14)15/h1-2,5,16H,3H2,(H,9,13)(H,11,12)(H,14,15). The van der Waals surface area contributed by atoms with Crippen LogP contribution in [0.4, 0.5) is 0 Å². The molecule has 16 heavy (non-hydrogen) atoms. The predicted octanol–water partition coefficient (Wildman–Crippen LogP) is -1.12. The minimum Gasteiger partial charge on any atom is -0.480 e. The number of nitrogens with one attached hydrogen (secondary N) is 2. The molecule has 7 nitrogen and oxygen atoms in total. The highest BCUT2D eigenvalue weighted by Gasteiger charge is 2.19. The van der Waals surface area contributed by atoms with Crippen LogP contribution in [0.25, 0.3) is 0 Å². The molecule has 1 atom stereocenters. The first-order valence-electron chi connectivity index (χ1n) is 4.25. The number of aromatic nitrogens is 2. The van der Waals surface area contributed by atoms with Gasteiger partial charge in [-0.1, -0.05) is 0 Å². The normalized spacial score (nSPS) is 11.8. The SMILES string of the molecule is O=C(NC(CS)C(=O)O)c1ccc(=O)[nH]n1. The van der Waals surface area contributed by atoms with Crippen LogP contribution in [0.3, 0.4) is 0 Å². The van der Waals surface area contributed by atoms with Crippen molar-refractivity contribution >= 4 is 24.5 Å². The van der Waals surface area contributed by atoms with Crippen LogP contribution >= 0.6 is 12.6 Å². The second kappa shape index (κ2) is 5.31. The second-order valence-electron chi connectivity index (χ2n) is 2.85. The molecule has 1 heterocycles. The fourth-order valence-corrected chi connectivity index (χ4v) is 1.14. The van der Waals surface area contributed by atoms with Crippen molar-refractivity contribution in [1.29, 1.82) is 0 Å². The molecule has 0 aliphatic carbocycles. The highest BCUT2D eigenvalue weighted by molar-refractivity contribution is 7.80. The smallest absolute Gasteiger partial charge is 0.327 e. The zero-order valence-electron chi connectivity index (χ0n) is 8.01. The Hall–Kier alpha value is -1.83. The van der Waals surface area contributed by atoms with E-state index in [0.717, 1.165) is 6.07 Å². The molecule has 1 aromatic heterocycles. The van der Waals surface area contributed by atoms with Crippen molar-refractivity contribution in [3.8, 4) is 0 Å². The Bertz CT molecular complexity index is 438. The van der Waals surface area contributed by atoms with E-state index >= 15 is 0 Å². The van der Waals surface area contributed by atoms with Gasteiger partial charge in [0.2, 0.25) is 0 Å². The summed E-state index contributed by atoms with van der Waals surface area (Å²) >= 11 is 3.78. The lowest BCUT2D eigenvalue weighted by Crippen LogP contribution is -2.42. The van der Waals surface area contributed by atoms with Gasteiger partial charge in [-0.2, -0.15) is 17.7 Å². The third-order valence-corrected chi connectivity index (χ3v) is 2.06. The summed E-state index contributed by atoms with van der Waals surface area (Å²) in [5, 5.41) is 16.4. The van der Waals surface area contributed by atoms with Crippen molar-refractivity contribution in [2.75, 3.05) is 5.75 Å². The summed E-state index contributed by atoms with van der Waals surface area (Å²) < 4.78 is 0. The summed E-state index contributed by atoms with van der Waals surface area (Å²) in [5.41, 5.74) is -0.506. The largest absolute Gasteiger partial charge is 0.480 e. The van der Waals surface area contributed by atoms with E-state index in [4.69, 9.17) is 5.11 Å². The topological polar surface area (TPSA) is 112 Å². The van der Waals surface area contributed by atoms with Crippen molar-refractivity contribution in [2.24, 2.45) is 0 Å². The van der Waals surface area contributed by atoms with E-state index in [1.165, 1.54) is 6.07 Å². The van der Waals surface area contributed by atoms with Gasteiger partial charge in [0.05, 0.1) is 0 Å². The summed E-state index contributed by atoms with van der Waals surface area (Å²) in [4.78, 5) is 32.7. The molecule has 1 rings (SSSR count). The maximum atomic E-state index is 11.4. The predicted molar refractivity (Wildman–Crippen MR) is 57.6 cm³/mol. The van der Waals surface area contributed by atoms with Crippen LogP contribution in [0, 0.1) is 0 Å². The van der Waals surface area contributed by atoms with Crippen LogP contribution in [0.5, 0.6) is 0 Å². The quantitative estimate of drug-likeness (QED) is 0.500. The van der Waals surface area contributed by atoms with Crippen LogP contribution in [0.2, 0.25) is 0 Å². The Morgan fingerprint density at radius 3 is 2.69 bits per heavy atom. The number of thiol groups is 1. The molecule has 0 saturated carbocycles. The summed E-state index contributed by atoms with van der Waals surface area (Å²) in [7, 11) is 0. The minimum absolute atomic E-state index is 0.0373. The van der Waals surface area contributed by atoms with Crippen LogP contribution < -0.4 is 10.9 Å². The third kappa shape index (κ3) is 3.09. The van der Waals surface area contributed by atoms with E-state index < -0.39 is 23.5 Å². The van der Waals surface area contributed by atoms with Crippen molar-refractivity contribution in [1.82, 2.24) is 15.5 Å². The summed E-state index contributed by atoms with van der Waals surface area (Å²) in [6, 6.07) is 1.23. The number of carboxylic acids is 1. The molecule has 0 fully saturated rings. The number of amides is 1. The average molecular weight is 243 g/mol. The molecular formula is C8H9N3O4S. The first-order chi connectivity index (χ1) is 7.54. The molecule has 0 aromatic carbocycles. The van der Waals surface area contributed by atoms with E-state index in [9.17, 15) is 14.4 Å². The Balaban J connectivity index is 2.75. The third-order valence-electron chi connectivity index (χ3n) is 1.70. The average Bonchev–Trinajstić information content (AvgIpc) is 2.26. The van der Waals surface area contributed by atoms with Crippen LogP contribution in [0.15, 0.2) is 16.9 Å². The van der Waals surface area contributed by atoms with Gasteiger partial charge in [0.25, 0.3) is 11.5 Å². The Morgan fingerprint density at radius 1 is 1.56 bits per heavy atom. The molecule has 86 valence electrons. The number of H-pyrrole nitrogens is 1. The lowest BCUT2D eigenvalue weighted by molar-refractivity contribution is -0.138. The van der Waals surface area contributed by atoms with Gasteiger partial charge < -0.3 is 10.4 Å². The number of hydrogen-bond donors (Lipinski definition) is 4. The molecule has 1 unspecified atom stereocenters. The van der Waals surface area contributed by atoms with Crippen LogP contribution in [-0.2, 0) is 4.79 Å². The Labute approximate surface area is 95.3 Å². The number of carbonyl (C=O) groups is 2. The minimum atomic E-state index is -1.19. The molecule has 1 aromatic rings. The molecule has 8 heteroatoms. The van der Waals surface area contributed by atoms with Gasteiger partial charge in [0.1, 0.15) is 11.7 Å². The molecule has 3 N–H and O–H groups in total. The highest BCUT2D eigenvalue weighted by Crippen LogP contribution is 1.93. The summed E-state index contributed by atoms with van der Waals surface area (Å²) in [5.74, 6) is -1.91. The van der Waals surface area contributed by atoms with Gasteiger partial charge >= 0.3 is 5.97 Å². The van der Waals surface area contributed by atoms with Crippen molar-refractivity contribution in [3.05, 3.63) is 28.2 Å². The number of carboxylic acid groups (broad SMARTS) is 1. The molecule has 0 aliphatic heterocycles. The van der Waals surface area contributed by atoms with E-state index in [2.05, 4.69) is 28.1 Å². The molecular weight excluding hydrogens is 234 g/mol. The van der Waals surface area contributed by atoms with Gasteiger partial charge in [0.15, 0.2) is 0 Å². The van der Waals surface area contributed by atoms with Gasteiger partial charge in [0, 0.05) is 11.8 Å². The molecule has 1 amide bonds. The molecule has 0 bridgehead atoms. The fourth-order valence-electron chi connectivity index (χ4n) is 0.889. The lowest BCUT2D eigenvalue weighted by Gasteiger charge is -2.10. The van der Waals surface area contributed by atoms with Gasteiger partial charge in [-0.25, -0.2) is 9.89 Å². The van der Waals surface area contributed by atoms with Gasteiger partial charge in [-0.15, -0.1) is 0 Å². The zero-order valence-corrected chi connectivity index (χ0v) is 8.90. The Kier molecular flexibility index (Phi) is 4.06. The van der Waals surface area contributed by atoms with Crippen LogP contribution in [-0.4, -0.2) is 39.0 Å². The maximum Gasteiger partial charge on any atom is 0.327 e. The molecule has 0 radical (unpaired) electrons. The van der Waals surface area contributed by atoms with Crippen molar-refractivity contribution in [3.63, 3.8) is 0 Å². The maximum absolute atomic E-state index is 11.4. The van der Waals surface area contributed by atoms with Crippen molar-refractivity contribution in [2.45, 2.75) is 6.04 Å². The first-order valence-corrected chi connectivity index (χ1v) is 4.88. The zero-order chi connectivity index (χ0) is 12.1. The number of aliphatic carboxylic acids is 1. The number of rotatable bonds is 4. The monoisotopic (exact) mass is 243 g/mol. The van der Waals surface area contributed by atoms with Crippen LogP contribution in [0.1, 0.15) is 10.5 Å². The molecule has 0 aliphatic rings. The van der Waals surface area contributed by atoms with E-state index in [-0.39, 0.29) is 11.4 Å². The number of aromatic amines is 1. The number of nitrogens with zero attached hydrogens (tertiary/aromatic N) is 1. The fraction of sp³-hybridized carbons (Fsp3) is 0.250. The van der Waals surface area contributed by atoms with E-state index in [1.807, 2.05) is 0 Å². The number of hydrogen-bond acceptors (Lipinski definition) is 5. The second-order valence-corrected chi connectivity index (χ2v) is 3.22. The van der Waals surface area contributed by atoms with E-state index in [1.54, 1.807) is 0 Å². The van der Waals surface area contributed by atoms with Gasteiger partial charge in [-0.05, 0) is 6.07 Å². The number of carbonyl (C=O) groups excluding carboxylic acids is 1. The molecule has 0 saturated heterocycles. The Morgan fingerprint density at radius 2 is 2.25 bits per heavy atom.